The molecule has 1 aromatic rings. The number of nitrogens with one attached hydrogen (secondary N) is 2. The van der Waals surface area contributed by atoms with Gasteiger partial charge in [-0.15, -0.1) is 0 Å². The third kappa shape index (κ3) is 10.1. The first-order valence-corrected chi connectivity index (χ1v) is 17.4. The minimum atomic E-state index is -4.61. The molecule has 2 bridgehead atoms. The fourth-order valence-corrected chi connectivity index (χ4v) is 7.18. The number of halogens is 3. The number of aromatic nitrogens is 1. The third-order valence-corrected chi connectivity index (χ3v) is 9.91. The molecule has 48 heavy (non-hydrogen) atoms. The number of ether oxygens (including phenoxy) is 2. The lowest BCUT2D eigenvalue weighted by Gasteiger charge is -2.36. The molecule has 1 aromatic heterocycles. The number of anilines is 1. The van der Waals surface area contributed by atoms with Crippen LogP contribution in [0.4, 0.5) is 18.9 Å². The molecule has 11 nitrogen and oxygen atoms in total. The summed E-state index contributed by atoms with van der Waals surface area (Å²) in [5.41, 5.74) is 5.08. The number of cyclic esters (lactones) is 1. The Morgan fingerprint density at radius 3 is 2.54 bits per heavy atom. The number of carbonyl (C=O) groups is 2. The van der Waals surface area contributed by atoms with E-state index in [4.69, 9.17) is 19.9 Å². The molecule has 0 aromatic carbocycles. The van der Waals surface area contributed by atoms with Crippen LogP contribution in [0, 0.1) is 10.8 Å². The van der Waals surface area contributed by atoms with Crippen molar-refractivity contribution in [2.24, 2.45) is 5.41 Å². The first-order chi connectivity index (χ1) is 22.6. The van der Waals surface area contributed by atoms with Gasteiger partial charge in [-0.1, -0.05) is 20.8 Å². The molecule has 0 unspecified atom stereocenters. The van der Waals surface area contributed by atoms with E-state index < -0.39 is 36.3 Å². The topological polar surface area (TPSA) is 114 Å². The van der Waals surface area contributed by atoms with Crippen molar-refractivity contribution in [2.45, 2.75) is 84.5 Å². The Bertz CT molecular complexity index is 1350. The zero-order valence-corrected chi connectivity index (χ0v) is 29.7. The SMILES string of the molecule is CC/C1=C(/c2cc(N3CCN(C)CC3)cnc2[C@H](C)OC)N(CC(F)(F)F)SC(=N)CCC(=O)N2CCC[C@H](N2)C(=O)OCC(C)(C)C1. The molecular formula is C33H50F3N7O4S. The monoisotopic (exact) mass is 697 g/mol. The molecule has 0 saturated carbocycles. The molecule has 2 saturated heterocycles. The Hall–Kier alpha value is -2.88. The smallest absolute Gasteiger partial charge is 0.406 e. The maximum Gasteiger partial charge on any atom is 0.406 e. The highest BCUT2D eigenvalue weighted by atomic mass is 32.2. The predicted molar refractivity (Wildman–Crippen MR) is 181 cm³/mol. The van der Waals surface area contributed by atoms with Gasteiger partial charge in [0.1, 0.15) is 12.6 Å². The van der Waals surface area contributed by atoms with Gasteiger partial charge >= 0.3 is 12.1 Å². The molecule has 268 valence electrons. The van der Waals surface area contributed by atoms with E-state index in [0.29, 0.717) is 66.7 Å². The number of hydrazine groups is 1. The van der Waals surface area contributed by atoms with Crippen molar-refractivity contribution in [3.05, 3.63) is 29.1 Å². The van der Waals surface area contributed by atoms with E-state index in [-0.39, 0.29) is 30.4 Å². The summed E-state index contributed by atoms with van der Waals surface area (Å²) in [6.45, 7) is 9.76. The average Bonchev–Trinajstić information content (AvgIpc) is 3.04. The number of alkyl halides is 3. The first kappa shape index (κ1) is 37.9. The van der Waals surface area contributed by atoms with Gasteiger partial charge in [-0.25, -0.2) is 5.43 Å². The van der Waals surface area contributed by atoms with Crippen LogP contribution in [-0.4, -0.2) is 108 Å². The fourth-order valence-electron chi connectivity index (χ4n) is 6.19. The summed E-state index contributed by atoms with van der Waals surface area (Å²) < 4.78 is 56.0. The van der Waals surface area contributed by atoms with Crippen LogP contribution < -0.4 is 10.3 Å². The second-order valence-electron chi connectivity index (χ2n) is 13.6. The Kier molecular flexibility index (Phi) is 12.8. The standard InChI is InChI=1S/C33H50F3N7O4S/c1-7-23-18-32(3,4)21-47-31(45)26-9-8-12-42(39-26)28(44)11-10-27(37)48-43(20-33(34,35)36)30(23)25-17-24(19-38-29(25)22(2)46-6)41-15-13-40(5)14-16-41/h17,19,22,26,37,39H,7-16,18,20-21H2,1-6H3/b30-23+,37-27?/t22-,26-/m0/s1. The van der Waals surface area contributed by atoms with E-state index in [2.05, 4.69) is 22.3 Å². The quantitative estimate of drug-likeness (QED) is 0.296. The molecule has 1 amide bonds. The number of piperazine rings is 1. The number of hydrogen-bond acceptors (Lipinski definition) is 11. The number of nitrogens with zero attached hydrogens (tertiary/aromatic N) is 5. The molecular weight excluding hydrogens is 647 g/mol. The summed E-state index contributed by atoms with van der Waals surface area (Å²) in [7, 11) is 3.58. The fraction of sp³-hybridized carbons (Fsp3) is 0.697. The van der Waals surface area contributed by atoms with Crippen molar-refractivity contribution in [3.63, 3.8) is 0 Å². The molecule has 2 atom stereocenters. The van der Waals surface area contributed by atoms with Crippen molar-refractivity contribution in [3.8, 4) is 0 Å². The van der Waals surface area contributed by atoms with Crippen LogP contribution in [0.1, 0.15) is 83.6 Å². The number of esters is 1. The minimum absolute atomic E-state index is 0.0257. The molecule has 15 heteroatoms. The van der Waals surface area contributed by atoms with Crippen LogP contribution >= 0.6 is 11.9 Å². The Balaban J connectivity index is 1.89. The number of amides is 1. The summed E-state index contributed by atoms with van der Waals surface area (Å²) in [6, 6.07) is 1.22. The van der Waals surface area contributed by atoms with Gasteiger partial charge in [-0.05, 0) is 51.3 Å². The number of allylic oxidation sites excluding steroid dienone is 1. The van der Waals surface area contributed by atoms with E-state index in [1.165, 1.54) is 12.1 Å². The van der Waals surface area contributed by atoms with Crippen molar-refractivity contribution in [1.82, 2.24) is 24.6 Å². The van der Waals surface area contributed by atoms with Crippen molar-refractivity contribution in [2.75, 3.05) is 64.9 Å². The highest BCUT2D eigenvalue weighted by Crippen LogP contribution is 2.42. The predicted octanol–water partition coefficient (Wildman–Crippen LogP) is 5.40. The maximum atomic E-state index is 14.5. The van der Waals surface area contributed by atoms with E-state index in [0.717, 1.165) is 36.2 Å². The van der Waals surface area contributed by atoms with Gasteiger partial charge in [-0.2, -0.15) is 13.2 Å². The van der Waals surface area contributed by atoms with Crippen molar-refractivity contribution < 1.29 is 32.2 Å². The van der Waals surface area contributed by atoms with Gasteiger partial charge in [0, 0.05) is 75.6 Å². The molecule has 4 rings (SSSR count). The highest BCUT2D eigenvalue weighted by Gasteiger charge is 2.37. The number of fused-ring (bicyclic) bond motifs is 2. The zero-order chi connectivity index (χ0) is 35.2. The maximum absolute atomic E-state index is 14.5. The number of likely N-dealkylation sites (N-methyl/N-ethyl adjacent to an activating group) is 1. The number of hydrogen-bond donors (Lipinski definition) is 2. The summed E-state index contributed by atoms with van der Waals surface area (Å²) in [5, 5.41) is 10.1. The normalized spacial score (nSPS) is 24.9. The van der Waals surface area contributed by atoms with E-state index in [1.54, 1.807) is 6.20 Å². The van der Waals surface area contributed by atoms with Crippen LogP contribution in [0.2, 0.25) is 0 Å². The van der Waals surface area contributed by atoms with Crippen LogP contribution in [0.25, 0.3) is 5.70 Å². The largest absolute Gasteiger partial charge is 0.464 e. The first-order valence-electron chi connectivity index (χ1n) is 16.6. The van der Waals surface area contributed by atoms with Crippen LogP contribution in [0.15, 0.2) is 17.8 Å². The van der Waals surface area contributed by atoms with E-state index in [9.17, 15) is 22.8 Å². The van der Waals surface area contributed by atoms with Crippen LogP contribution in [0.3, 0.4) is 0 Å². The Morgan fingerprint density at radius 1 is 1.19 bits per heavy atom. The van der Waals surface area contributed by atoms with Crippen LogP contribution in [-0.2, 0) is 19.1 Å². The van der Waals surface area contributed by atoms with E-state index >= 15 is 0 Å². The lowest BCUT2D eigenvalue weighted by atomic mass is 9.83. The zero-order valence-electron chi connectivity index (χ0n) is 28.9. The Labute approximate surface area is 286 Å². The number of pyridine rings is 1. The van der Waals surface area contributed by atoms with Crippen LogP contribution in [0.5, 0.6) is 0 Å². The number of rotatable bonds is 6. The molecule has 3 aliphatic heterocycles. The molecule has 3 aliphatic rings. The van der Waals surface area contributed by atoms with Gasteiger partial charge < -0.3 is 23.6 Å². The number of carbonyl (C=O) groups excluding carboxylic acids is 2. The molecule has 0 spiro atoms. The van der Waals surface area contributed by atoms with Gasteiger partial charge in [0.05, 0.1) is 41.0 Å². The summed E-state index contributed by atoms with van der Waals surface area (Å²) >= 11 is 0.699. The second kappa shape index (κ2) is 16.2. The molecule has 2 N–H and O–H groups in total. The minimum Gasteiger partial charge on any atom is -0.464 e. The van der Waals surface area contributed by atoms with Gasteiger partial charge in [0.15, 0.2) is 0 Å². The average molecular weight is 698 g/mol. The molecule has 0 aliphatic carbocycles. The van der Waals surface area contributed by atoms with Gasteiger partial charge in [-0.3, -0.25) is 25.0 Å². The van der Waals surface area contributed by atoms with E-state index in [1.807, 2.05) is 33.8 Å². The summed E-state index contributed by atoms with van der Waals surface area (Å²) in [5.74, 6) is -0.810. The van der Waals surface area contributed by atoms with Crippen molar-refractivity contribution in [1.29, 1.82) is 5.41 Å². The van der Waals surface area contributed by atoms with Gasteiger partial charge in [0.2, 0.25) is 5.91 Å². The third-order valence-electron chi connectivity index (χ3n) is 8.96. The lowest BCUT2D eigenvalue weighted by molar-refractivity contribution is -0.154. The summed E-state index contributed by atoms with van der Waals surface area (Å²) in [6.07, 6.45) is -1.74. The molecule has 2 fully saturated rings. The lowest BCUT2D eigenvalue weighted by Crippen LogP contribution is -2.55. The second-order valence-corrected chi connectivity index (χ2v) is 14.7. The summed E-state index contributed by atoms with van der Waals surface area (Å²) in [4.78, 5) is 35.4. The highest BCUT2D eigenvalue weighted by molar-refractivity contribution is 8.12. The molecule has 0 radical (unpaired) electrons. The number of methoxy groups -OCH3 is 1. The Morgan fingerprint density at radius 2 is 1.90 bits per heavy atom. The van der Waals surface area contributed by atoms with Crippen molar-refractivity contribution >= 4 is 40.3 Å². The molecule has 4 heterocycles. The van der Waals surface area contributed by atoms with Gasteiger partial charge in [0.25, 0.3) is 0 Å².